The normalized spacial score (nSPS) is 10.3. The molecule has 0 aromatic heterocycles. The molecule has 3 unspecified atom stereocenters. The predicted octanol–water partition coefficient (Wildman–Crippen LogP) is -7.19. The Bertz CT molecular complexity index is 587. The minimum Gasteiger partial charge on any atom is -0.550 e. The molecule has 0 saturated heterocycles. The first-order chi connectivity index (χ1) is 12.3. The summed E-state index contributed by atoms with van der Waals surface area (Å²) in [4.78, 5) is 29.9. The fourth-order valence-corrected chi connectivity index (χ4v) is 1.36. The molecule has 1 aromatic rings. The van der Waals surface area contributed by atoms with Crippen LogP contribution in [-0.2, 0) is 14.4 Å². The summed E-state index contributed by atoms with van der Waals surface area (Å²) < 4.78 is 0. The second-order valence-electron chi connectivity index (χ2n) is 6.27. The van der Waals surface area contributed by atoms with Crippen molar-refractivity contribution in [3.05, 3.63) is 23.3 Å². The molecule has 0 bridgehead atoms. The number of carbonyl (C=O) groups is 3. The molecule has 0 aliphatic carbocycles. The van der Waals surface area contributed by atoms with Crippen LogP contribution in [0.3, 0.4) is 0 Å². The first-order valence-corrected chi connectivity index (χ1v) is 8.37. The second kappa shape index (κ2) is 31.3. The fourth-order valence-electron chi connectivity index (χ4n) is 1.36. The number of hydrogen-bond donors (Lipinski definition) is 2. The maximum Gasteiger partial charge on any atom is 1.00 e. The molecule has 34 heavy (non-hydrogen) atoms. The number of benzene rings is 1. The first kappa shape index (κ1) is 59.4. The van der Waals surface area contributed by atoms with E-state index in [1.54, 1.807) is 32.9 Å². The molecule has 0 saturated carbocycles. The van der Waals surface area contributed by atoms with Crippen LogP contribution in [0, 0.1) is 31.6 Å². The van der Waals surface area contributed by atoms with Crippen LogP contribution < -0.4 is 104 Å². The third-order valence-electron chi connectivity index (χ3n) is 4.02. The van der Waals surface area contributed by atoms with Crippen LogP contribution in [0.25, 0.3) is 0 Å². The molecule has 8 nitrogen and oxygen atoms in total. The molecule has 186 valence electrons. The van der Waals surface area contributed by atoms with Crippen LogP contribution in [0.2, 0.25) is 0 Å². The van der Waals surface area contributed by atoms with Crippen LogP contribution in [0.15, 0.2) is 12.1 Å². The van der Waals surface area contributed by atoms with Gasteiger partial charge in [-0.2, -0.15) is 0 Å². The molecule has 3 atom stereocenters. The monoisotopic (exact) mass is 516 g/mol. The number of phenols is 2. The van der Waals surface area contributed by atoms with E-state index in [0.717, 1.165) is 0 Å². The van der Waals surface area contributed by atoms with Crippen LogP contribution in [0.4, 0.5) is 0 Å². The first-order valence-electron chi connectivity index (χ1n) is 8.37. The smallest absolute Gasteiger partial charge is 0.550 e. The van der Waals surface area contributed by atoms with Gasteiger partial charge >= 0.3 is 88.7 Å². The predicted molar refractivity (Wildman–Crippen MR) is 119 cm³/mol. The average molecular weight is 517 g/mol. The van der Waals surface area contributed by atoms with Gasteiger partial charge in [0.25, 0.3) is 0 Å². The van der Waals surface area contributed by atoms with Gasteiger partial charge in [-0.05, 0) is 49.4 Å². The van der Waals surface area contributed by atoms with E-state index in [1.807, 2.05) is 6.92 Å². The van der Waals surface area contributed by atoms with E-state index in [4.69, 9.17) is 10.2 Å². The van der Waals surface area contributed by atoms with Crippen LogP contribution in [0.5, 0.6) is 11.5 Å². The standard InChI is InChI=1S/C8H10O2.C6H10O4.C5H10O2.4CH4.3Na/c1-5-3-8(10)6(2)4-7(5)9;1-3(5(7)8)4(2)6(9)10;1-3-4(2)5(6)7;;;;;;;/h3-4,9-10H,1-2H3;3-4H,1-2H3,(H,7,8)(H,9,10);4H,3H2,1-2H3,(H,6,7);4*1H4;;;/q;;;;;;;3*+1/p-3. The Morgan fingerprint density at radius 3 is 1.06 bits per heavy atom. The van der Waals surface area contributed by atoms with E-state index in [2.05, 4.69) is 0 Å². The van der Waals surface area contributed by atoms with Gasteiger partial charge in [-0.3, -0.25) is 0 Å². The van der Waals surface area contributed by atoms with Gasteiger partial charge in [0.15, 0.2) is 0 Å². The number of carboxylic acid groups (broad SMARTS) is 3. The van der Waals surface area contributed by atoms with E-state index in [1.165, 1.54) is 13.8 Å². The summed E-state index contributed by atoms with van der Waals surface area (Å²) in [5, 5.41) is 48.1. The Balaban J connectivity index is -0.0000000362. The number of carboxylic acids is 3. The van der Waals surface area contributed by atoms with Crippen LogP contribution in [-0.4, -0.2) is 28.1 Å². The van der Waals surface area contributed by atoms with Crippen molar-refractivity contribution in [2.24, 2.45) is 17.8 Å². The fraction of sp³-hybridized carbons (Fsp3) is 0.609. The number of aliphatic carboxylic acids is 3. The summed E-state index contributed by atoms with van der Waals surface area (Å²) >= 11 is 0. The van der Waals surface area contributed by atoms with Gasteiger partial charge in [0.05, 0.1) is 0 Å². The molecule has 2 N–H and O–H groups in total. The molecular formula is C23H43Na3O8. The summed E-state index contributed by atoms with van der Waals surface area (Å²) in [6.07, 6.45) is 0.655. The molecule has 11 heteroatoms. The summed E-state index contributed by atoms with van der Waals surface area (Å²) in [6.45, 7) is 9.49. The zero-order chi connectivity index (χ0) is 21.9. The summed E-state index contributed by atoms with van der Waals surface area (Å²) in [5.41, 5.74) is 1.39. The van der Waals surface area contributed by atoms with E-state index in [9.17, 15) is 29.7 Å². The summed E-state index contributed by atoms with van der Waals surface area (Å²) in [6, 6.07) is 3.09. The van der Waals surface area contributed by atoms with E-state index in [-0.39, 0.29) is 136 Å². The number of rotatable bonds is 5. The molecule has 0 aliphatic heterocycles. The Labute approximate surface area is 273 Å². The molecule has 0 heterocycles. The molecule has 1 aromatic carbocycles. The molecule has 0 spiro atoms. The molecular weight excluding hydrogens is 473 g/mol. The van der Waals surface area contributed by atoms with Crippen LogP contribution >= 0.6 is 0 Å². The van der Waals surface area contributed by atoms with Gasteiger partial charge in [0.2, 0.25) is 0 Å². The zero-order valence-electron chi connectivity index (χ0n) is 19.4. The van der Waals surface area contributed by atoms with Crippen molar-refractivity contribution in [1.82, 2.24) is 0 Å². The van der Waals surface area contributed by atoms with Crippen molar-refractivity contribution < 1.29 is 129 Å². The number of aryl methyl sites for hydroxylation is 2. The van der Waals surface area contributed by atoms with Gasteiger partial charge in [0, 0.05) is 29.7 Å². The quantitative estimate of drug-likeness (QED) is 0.288. The molecule has 0 fully saturated rings. The number of hydrogen-bond acceptors (Lipinski definition) is 8. The molecule has 0 amide bonds. The molecule has 1 rings (SSSR count). The van der Waals surface area contributed by atoms with Crippen molar-refractivity contribution in [2.45, 2.75) is 77.7 Å². The van der Waals surface area contributed by atoms with E-state index in [0.29, 0.717) is 17.5 Å². The van der Waals surface area contributed by atoms with Crippen LogP contribution in [0.1, 0.15) is 74.9 Å². The average Bonchev–Trinajstić information content (AvgIpc) is 2.58. The van der Waals surface area contributed by atoms with E-state index < -0.39 is 29.7 Å². The number of aromatic hydroxyl groups is 2. The maximum atomic E-state index is 10.0. The zero-order valence-corrected chi connectivity index (χ0v) is 25.4. The van der Waals surface area contributed by atoms with Gasteiger partial charge in [0.1, 0.15) is 11.5 Å². The topological polar surface area (TPSA) is 161 Å². The SMILES string of the molecule is C.C.C.C.CC(C(=O)[O-])C(C)C(=O)[O-].CCC(C)C(=O)[O-].Cc1cc(O)c(C)cc1O.[Na+].[Na+].[Na+]. The van der Waals surface area contributed by atoms with Crippen molar-refractivity contribution in [3.8, 4) is 11.5 Å². The Morgan fingerprint density at radius 1 is 0.706 bits per heavy atom. The summed E-state index contributed by atoms with van der Waals surface area (Å²) in [7, 11) is 0. The Hall–Kier alpha value is 0.230. The van der Waals surface area contributed by atoms with Crippen molar-refractivity contribution in [1.29, 1.82) is 0 Å². The van der Waals surface area contributed by atoms with Gasteiger partial charge in [-0.15, -0.1) is 0 Å². The Morgan fingerprint density at radius 2 is 0.941 bits per heavy atom. The van der Waals surface area contributed by atoms with E-state index >= 15 is 0 Å². The van der Waals surface area contributed by atoms with Gasteiger partial charge in [-0.25, -0.2) is 0 Å². The van der Waals surface area contributed by atoms with Crippen molar-refractivity contribution >= 4 is 17.9 Å². The second-order valence-corrected chi connectivity index (χ2v) is 6.27. The maximum absolute atomic E-state index is 10.0. The molecule has 0 aliphatic rings. The van der Waals surface area contributed by atoms with Crippen molar-refractivity contribution in [3.63, 3.8) is 0 Å². The third kappa shape index (κ3) is 26.8. The van der Waals surface area contributed by atoms with Gasteiger partial charge < -0.3 is 39.9 Å². The largest absolute Gasteiger partial charge is 1.00 e. The summed E-state index contributed by atoms with van der Waals surface area (Å²) in [5.74, 6) is -5.50. The number of phenolic OH excluding ortho intramolecular Hbond substituents is 2. The van der Waals surface area contributed by atoms with Crippen molar-refractivity contribution in [2.75, 3.05) is 0 Å². The third-order valence-corrected chi connectivity index (χ3v) is 4.02. The van der Waals surface area contributed by atoms with Gasteiger partial charge in [-0.1, -0.05) is 57.4 Å². The number of carbonyl (C=O) groups excluding carboxylic acids is 3. The minimum absolute atomic E-state index is 0. The minimum atomic E-state index is -1.36. The Kier molecular flexibility index (Phi) is 54.6. The molecule has 0 radical (unpaired) electrons.